The lowest BCUT2D eigenvalue weighted by atomic mass is 9.96. The maximum atomic E-state index is 12.0. The number of hydrogen-bond donors (Lipinski definition) is 1. The molecule has 0 saturated heterocycles. The highest BCUT2D eigenvalue weighted by molar-refractivity contribution is 7.85. The van der Waals surface area contributed by atoms with Crippen molar-refractivity contribution in [3.63, 3.8) is 0 Å². The van der Waals surface area contributed by atoms with Crippen LogP contribution in [0, 0.1) is 0 Å². The van der Waals surface area contributed by atoms with Crippen molar-refractivity contribution in [3.8, 4) is 0 Å². The molecule has 1 saturated carbocycles. The van der Waals surface area contributed by atoms with Crippen LogP contribution in [0.15, 0.2) is 0 Å². The van der Waals surface area contributed by atoms with E-state index in [1.165, 1.54) is 32.1 Å². The van der Waals surface area contributed by atoms with E-state index in [2.05, 4.69) is 12.2 Å². The van der Waals surface area contributed by atoms with E-state index in [4.69, 9.17) is 0 Å². The van der Waals surface area contributed by atoms with Gasteiger partial charge in [0.15, 0.2) is 0 Å². The minimum absolute atomic E-state index is 0.398. The van der Waals surface area contributed by atoms with E-state index >= 15 is 0 Å². The van der Waals surface area contributed by atoms with Gasteiger partial charge in [0.2, 0.25) is 0 Å². The van der Waals surface area contributed by atoms with Crippen molar-refractivity contribution in [2.45, 2.75) is 63.7 Å². The summed E-state index contributed by atoms with van der Waals surface area (Å²) in [5, 5.41) is 3.92. The summed E-state index contributed by atoms with van der Waals surface area (Å²) in [7, 11) is -0.626. The average Bonchev–Trinajstić information content (AvgIpc) is 2.22. The van der Waals surface area contributed by atoms with E-state index in [1.807, 2.05) is 6.92 Å². The highest BCUT2D eigenvalue weighted by Gasteiger charge is 2.25. The third-order valence-corrected chi connectivity index (χ3v) is 5.10. The Morgan fingerprint density at radius 1 is 1.13 bits per heavy atom. The van der Waals surface area contributed by atoms with Crippen molar-refractivity contribution in [1.82, 2.24) is 5.32 Å². The van der Waals surface area contributed by atoms with E-state index in [-0.39, 0.29) is 0 Å². The van der Waals surface area contributed by atoms with Crippen LogP contribution in [0.3, 0.4) is 0 Å². The Hall–Kier alpha value is 0.110. The predicted molar refractivity (Wildman–Crippen MR) is 67.6 cm³/mol. The highest BCUT2D eigenvalue weighted by Crippen LogP contribution is 2.21. The molecule has 3 unspecified atom stereocenters. The van der Waals surface area contributed by atoms with Crippen LogP contribution in [0.1, 0.15) is 52.4 Å². The van der Waals surface area contributed by atoms with Crippen molar-refractivity contribution >= 4 is 10.8 Å². The molecule has 3 heteroatoms. The van der Waals surface area contributed by atoms with E-state index in [0.717, 1.165) is 18.7 Å². The fraction of sp³-hybridized carbons (Fsp3) is 1.00. The topological polar surface area (TPSA) is 29.1 Å². The van der Waals surface area contributed by atoms with Gasteiger partial charge in [-0.05, 0) is 19.4 Å². The molecule has 0 amide bonds. The minimum Gasteiger partial charge on any atom is -0.313 e. The third-order valence-electron chi connectivity index (χ3n) is 3.29. The van der Waals surface area contributed by atoms with Crippen molar-refractivity contribution < 1.29 is 4.21 Å². The van der Waals surface area contributed by atoms with Crippen LogP contribution in [0.2, 0.25) is 0 Å². The molecule has 0 aromatic rings. The van der Waals surface area contributed by atoms with Crippen LogP contribution in [0.5, 0.6) is 0 Å². The molecule has 1 N–H and O–H groups in total. The second-order valence-electron chi connectivity index (χ2n) is 4.36. The zero-order valence-corrected chi connectivity index (χ0v) is 10.9. The van der Waals surface area contributed by atoms with Crippen LogP contribution in [-0.2, 0) is 10.8 Å². The van der Waals surface area contributed by atoms with Gasteiger partial charge in [-0.25, -0.2) is 0 Å². The monoisotopic (exact) mass is 231 g/mol. The Bertz CT molecular complexity index is 196. The van der Waals surface area contributed by atoms with Crippen molar-refractivity contribution in [2.75, 3.05) is 12.3 Å². The smallest absolute Gasteiger partial charge is 0.0501 e. The summed E-state index contributed by atoms with van der Waals surface area (Å²) in [6.45, 7) is 5.19. The van der Waals surface area contributed by atoms with Crippen molar-refractivity contribution in [3.05, 3.63) is 0 Å². The fourth-order valence-electron chi connectivity index (χ4n) is 2.47. The third kappa shape index (κ3) is 4.23. The molecule has 1 rings (SSSR count). The second-order valence-corrected chi connectivity index (χ2v) is 6.31. The number of rotatable bonds is 4. The molecule has 2 nitrogen and oxygen atoms in total. The van der Waals surface area contributed by atoms with Gasteiger partial charge in [-0.3, -0.25) is 4.21 Å². The molecule has 15 heavy (non-hydrogen) atoms. The lowest BCUT2D eigenvalue weighted by Crippen LogP contribution is -2.43. The van der Waals surface area contributed by atoms with Crippen LogP contribution >= 0.6 is 0 Å². The lowest BCUT2D eigenvalue weighted by molar-refractivity contribution is 0.401. The minimum atomic E-state index is -0.626. The van der Waals surface area contributed by atoms with Crippen molar-refractivity contribution in [2.24, 2.45) is 0 Å². The van der Waals surface area contributed by atoms with Gasteiger partial charge in [0.05, 0.1) is 5.25 Å². The van der Waals surface area contributed by atoms with Gasteiger partial charge < -0.3 is 5.32 Å². The molecule has 1 fully saturated rings. The van der Waals surface area contributed by atoms with E-state index in [1.54, 1.807) is 0 Å². The van der Waals surface area contributed by atoms with Crippen LogP contribution in [0.4, 0.5) is 0 Å². The van der Waals surface area contributed by atoms with E-state index < -0.39 is 10.8 Å². The van der Waals surface area contributed by atoms with Crippen LogP contribution in [-0.4, -0.2) is 27.8 Å². The normalized spacial score (nSPS) is 30.5. The first-order valence-corrected chi connectivity index (χ1v) is 7.78. The quantitative estimate of drug-likeness (QED) is 0.805. The molecule has 1 aliphatic carbocycles. The molecule has 0 bridgehead atoms. The van der Waals surface area contributed by atoms with E-state index in [0.29, 0.717) is 11.3 Å². The summed E-state index contributed by atoms with van der Waals surface area (Å²) in [5.41, 5.74) is 0. The summed E-state index contributed by atoms with van der Waals surface area (Å²) >= 11 is 0. The first-order chi connectivity index (χ1) is 7.29. The number of hydrogen-bond acceptors (Lipinski definition) is 2. The largest absolute Gasteiger partial charge is 0.313 e. The SMILES string of the molecule is CCNC1CCCCCCC1S(=O)CC. The van der Waals surface area contributed by atoms with Gasteiger partial charge in [0.1, 0.15) is 0 Å². The molecule has 3 atom stereocenters. The van der Waals surface area contributed by atoms with Gasteiger partial charge in [0, 0.05) is 22.6 Å². The standard InChI is InChI=1S/C12H25NOS/c1-3-13-11-9-7-5-6-8-10-12(11)15(14)4-2/h11-13H,3-10H2,1-2H3. The summed E-state index contributed by atoms with van der Waals surface area (Å²) < 4.78 is 12.0. The van der Waals surface area contributed by atoms with E-state index in [9.17, 15) is 4.21 Å². The summed E-state index contributed by atoms with van der Waals surface area (Å²) in [6, 6.07) is 0.496. The molecule has 90 valence electrons. The summed E-state index contributed by atoms with van der Waals surface area (Å²) in [4.78, 5) is 0. The summed E-state index contributed by atoms with van der Waals surface area (Å²) in [6.07, 6.45) is 7.61. The van der Waals surface area contributed by atoms with Crippen LogP contribution < -0.4 is 5.32 Å². The zero-order chi connectivity index (χ0) is 11.1. The molecule has 0 radical (unpaired) electrons. The maximum Gasteiger partial charge on any atom is 0.0501 e. The average molecular weight is 231 g/mol. The zero-order valence-electron chi connectivity index (χ0n) is 10.1. The molecular formula is C12H25NOS. The van der Waals surface area contributed by atoms with Gasteiger partial charge in [-0.15, -0.1) is 0 Å². The first kappa shape index (κ1) is 13.2. The fourth-order valence-corrected chi connectivity index (χ4v) is 3.93. The van der Waals surface area contributed by atoms with Gasteiger partial charge >= 0.3 is 0 Å². The van der Waals surface area contributed by atoms with Crippen LogP contribution in [0.25, 0.3) is 0 Å². The molecule has 0 aromatic heterocycles. The highest BCUT2D eigenvalue weighted by atomic mass is 32.2. The maximum absolute atomic E-state index is 12.0. The number of nitrogens with one attached hydrogen (secondary N) is 1. The Morgan fingerprint density at radius 2 is 1.80 bits per heavy atom. The first-order valence-electron chi connectivity index (χ1n) is 6.40. The van der Waals surface area contributed by atoms with Gasteiger partial charge in [-0.1, -0.05) is 39.5 Å². The molecule has 0 aromatic carbocycles. The molecule has 0 aliphatic heterocycles. The Balaban J connectivity index is 2.59. The molecule has 1 aliphatic rings. The molecule has 0 heterocycles. The Kier molecular flexibility index (Phi) is 6.50. The molecular weight excluding hydrogens is 206 g/mol. The summed E-state index contributed by atoms with van der Waals surface area (Å²) in [5.74, 6) is 0.812. The van der Waals surface area contributed by atoms with Gasteiger partial charge in [-0.2, -0.15) is 0 Å². The Labute approximate surface area is 96.7 Å². The lowest BCUT2D eigenvalue weighted by Gasteiger charge is -2.29. The van der Waals surface area contributed by atoms with Gasteiger partial charge in [0.25, 0.3) is 0 Å². The Morgan fingerprint density at radius 3 is 2.40 bits per heavy atom. The predicted octanol–water partition coefficient (Wildman–Crippen LogP) is 2.46. The van der Waals surface area contributed by atoms with Crippen molar-refractivity contribution in [1.29, 1.82) is 0 Å². The molecule has 0 spiro atoms. The second kappa shape index (κ2) is 7.39.